The van der Waals surface area contributed by atoms with Gasteiger partial charge in [0, 0.05) is 39.6 Å². The summed E-state index contributed by atoms with van der Waals surface area (Å²) in [6.45, 7) is 4.12. The molecule has 25 heavy (non-hydrogen) atoms. The molecule has 140 valence electrons. The molecule has 0 aromatic rings. The van der Waals surface area contributed by atoms with E-state index < -0.39 is 0 Å². The first-order valence-electron chi connectivity index (χ1n) is 9.42. The topological polar surface area (TPSA) is 87.0 Å². The van der Waals surface area contributed by atoms with Crippen LogP contribution in [0.5, 0.6) is 0 Å². The molecule has 7 heteroatoms. The van der Waals surface area contributed by atoms with Crippen molar-refractivity contribution in [3.05, 3.63) is 0 Å². The van der Waals surface area contributed by atoms with Gasteiger partial charge in [0.05, 0.1) is 12.5 Å². The summed E-state index contributed by atoms with van der Waals surface area (Å²) in [6.07, 6.45) is 5.38. The van der Waals surface area contributed by atoms with Crippen molar-refractivity contribution in [2.24, 2.45) is 17.1 Å². The predicted molar refractivity (Wildman–Crippen MR) is 93.5 cm³/mol. The summed E-state index contributed by atoms with van der Waals surface area (Å²) in [5.41, 5.74) is 5.48. The van der Waals surface area contributed by atoms with Gasteiger partial charge < -0.3 is 15.5 Å². The van der Waals surface area contributed by atoms with Gasteiger partial charge in [-0.2, -0.15) is 0 Å². The summed E-state index contributed by atoms with van der Waals surface area (Å²) in [4.78, 5) is 41.6. The monoisotopic (exact) mass is 350 g/mol. The second kappa shape index (κ2) is 7.32. The van der Waals surface area contributed by atoms with Gasteiger partial charge in [-0.25, -0.2) is 0 Å². The van der Waals surface area contributed by atoms with Gasteiger partial charge in [0.1, 0.15) is 0 Å². The average molecular weight is 350 g/mol. The van der Waals surface area contributed by atoms with Crippen LogP contribution in [-0.2, 0) is 14.4 Å². The molecule has 3 heterocycles. The van der Waals surface area contributed by atoms with Crippen LogP contribution < -0.4 is 5.73 Å². The Bertz CT molecular complexity index is 542. The lowest BCUT2D eigenvalue weighted by Gasteiger charge is -2.47. The van der Waals surface area contributed by atoms with Crippen LogP contribution in [0.3, 0.4) is 0 Å². The van der Waals surface area contributed by atoms with E-state index in [0.717, 1.165) is 58.3 Å². The van der Waals surface area contributed by atoms with Crippen LogP contribution in [0, 0.1) is 11.3 Å². The minimum absolute atomic E-state index is 0.0160. The third-order valence-electron chi connectivity index (χ3n) is 6.24. The maximum Gasteiger partial charge on any atom is 0.231 e. The molecule has 1 spiro atoms. The van der Waals surface area contributed by atoms with Crippen LogP contribution >= 0.6 is 0 Å². The van der Waals surface area contributed by atoms with Crippen molar-refractivity contribution in [2.75, 3.05) is 46.3 Å². The third kappa shape index (κ3) is 4.14. The Morgan fingerprint density at radius 3 is 2.56 bits per heavy atom. The first-order valence-corrected chi connectivity index (χ1v) is 9.42. The number of likely N-dealkylation sites (tertiary alicyclic amines) is 3. The first-order chi connectivity index (χ1) is 11.9. The lowest BCUT2D eigenvalue weighted by Crippen LogP contribution is -2.53. The highest BCUT2D eigenvalue weighted by molar-refractivity contribution is 5.80. The molecular weight excluding hydrogens is 320 g/mol. The van der Waals surface area contributed by atoms with Crippen LogP contribution in [-0.4, -0.2) is 78.7 Å². The van der Waals surface area contributed by atoms with E-state index >= 15 is 0 Å². The Labute approximate surface area is 149 Å². The lowest BCUT2D eigenvalue weighted by atomic mass is 9.72. The molecule has 0 bridgehead atoms. The molecule has 3 aliphatic heterocycles. The zero-order valence-electron chi connectivity index (χ0n) is 15.2. The number of amides is 3. The lowest BCUT2D eigenvalue weighted by molar-refractivity contribution is -0.144. The van der Waals surface area contributed by atoms with E-state index in [4.69, 9.17) is 5.73 Å². The van der Waals surface area contributed by atoms with Crippen LogP contribution in [0.25, 0.3) is 0 Å². The van der Waals surface area contributed by atoms with Crippen LogP contribution in [0.4, 0.5) is 0 Å². The minimum atomic E-state index is -0.330. The zero-order chi connectivity index (χ0) is 18.0. The van der Waals surface area contributed by atoms with Crippen molar-refractivity contribution in [1.29, 1.82) is 0 Å². The number of hydrogen-bond acceptors (Lipinski definition) is 4. The molecule has 3 saturated heterocycles. The number of hydrogen-bond donors (Lipinski definition) is 1. The molecule has 0 aromatic heterocycles. The maximum absolute atomic E-state index is 12.9. The second-order valence-corrected chi connectivity index (χ2v) is 8.12. The Morgan fingerprint density at radius 1 is 1.20 bits per heavy atom. The molecule has 7 nitrogen and oxygen atoms in total. The summed E-state index contributed by atoms with van der Waals surface area (Å²) < 4.78 is 0. The molecule has 2 N–H and O–H groups in total. The molecule has 0 saturated carbocycles. The summed E-state index contributed by atoms with van der Waals surface area (Å²) in [5, 5.41) is 0. The van der Waals surface area contributed by atoms with Crippen molar-refractivity contribution >= 4 is 17.7 Å². The minimum Gasteiger partial charge on any atom is -0.369 e. The number of carbonyl (C=O) groups is 3. The van der Waals surface area contributed by atoms with E-state index in [9.17, 15) is 14.4 Å². The molecule has 3 fully saturated rings. The van der Waals surface area contributed by atoms with Crippen LogP contribution in [0.1, 0.15) is 38.5 Å². The van der Waals surface area contributed by atoms with Crippen molar-refractivity contribution in [3.63, 3.8) is 0 Å². The van der Waals surface area contributed by atoms with Gasteiger partial charge >= 0.3 is 0 Å². The molecule has 0 unspecified atom stereocenters. The molecule has 0 aromatic carbocycles. The second-order valence-electron chi connectivity index (χ2n) is 8.12. The van der Waals surface area contributed by atoms with E-state index in [1.54, 1.807) is 0 Å². The number of nitrogens with two attached hydrogens (primary N) is 1. The van der Waals surface area contributed by atoms with E-state index in [2.05, 4.69) is 0 Å². The van der Waals surface area contributed by atoms with E-state index in [-0.39, 0.29) is 35.6 Å². The van der Waals surface area contributed by atoms with Gasteiger partial charge in [-0.3, -0.25) is 19.3 Å². The average Bonchev–Trinajstić information content (AvgIpc) is 2.58. The summed E-state index contributed by atoms with van der Waals surface area (Å²) in [5.74, 6) is 0.117. The highest BCUT2D eigenvalue weighted by Crippen LogP contribution is 2.40. The zero-order valence-corrected chi connectivity index (χ0v) is 15.2. The standard InChI is InChI=1S/C18H30N4O3/c1-20-13-18(5-4-16(20)24)6-9-22(10-7-18)17(25)14-3-2-8-21(11-14)12-15(19)23/h14H,2-13H2,1H3,(H2,19,23)/t14-/m1/s1. The largest absolute Gasteiger partial charge is 0.369 e. The number of primary amides is 1. The Balaban J connectivity index is 1.53. The molecular formula is C18H30N4O3. The first kappa shape index (κ1) is 18.2. The highest BCUT2D eigenvalue weighted by Gasteiger charge is 2.41. The van der Waals surface area contributed by atoms with Gasteiger partial charge in [0.15, 0.2) is 0 Å². The van der Waals surface area contributed by atoms with Gasteiger partial charge in [-0.15, -0.1) is 0 Å². The fourth-order valence-corrected chi connectivity index (χ4v) is 4.72. The number of carbonyl (C=O) groups excluding carboxylic acids is 3. The number of rotatable bonds is 3. The van der Waals surface area contributed by atoms with E-state index in [1.165, 1.54) is 0 Å². The Hall–Kier alpha value is -1.63. The SMILES string of the molecule is CN1CC2(CCC1=O)CCN(C(=O)[C@@H]1CCCN(CC(N)=O)C1)CC2. The molecule has 3 aliphatic rings. The Morgan fingerprint density at radius 2 is 1.92 bits per heavy atom. The number of nitrogens with zero attached hydrogens (tertiary/aromatic N) is 3. The van der Waals surface area contributed by atoms with E-state index in [1.807, 2.05) is 21.7 Å². The maximum atomic E-state index is 12.9. The fourth-order valence-electron chi connectivity index (χ4n) is 4.72. The quantitative estimate of drug-likeness (QED) is 0.779. The molecule has 0 aliphatic carbocycles. The van der Waals surface area contributed by atoms with Crippen molar-refractivity contribution < 1.29 is 14.4 Å². The highest BCUT2D eigenvalue weighted by atomic mass is 16.2. The summed E-state index contributed by atoms with van der Waals surface area (Å²) in [7, 11) is 1.89. The van der Waals surface area contributed by atoms with Gasteiger partial charge in [-0.05, 0) is 44.1 Å². The van der Waals surface area contributed by atoms with Crippen LogP contribution in [0.15, 0.2) is 0 Å². The smallest absolute Gasteiger partial charge is 0.231 e. The van der Waals surface area contributed by atoms with Gasteiger partial charge in [0.25, 0.3) is 0 Å². The van der Waals surface area contributed by atoms with Crippen molar-refractivity contribution in [2.45, 2.75) is 38.5 Å². The fraction of sp³-hybridized carbons (Fsp3) is 0.833. The third-order valence-corrected chi connectivity index (χ3v) is 6.24. The van der Waals surface area contributed by atoms with Crippen molar-refractivity contribution in [1.82, 2.24) is 14.7 Å². The molecule has 1 atom stereocenters. The summed E-state index contributed by atoms with van der Waals surface area (Å²) >= 11 is 0. The number of piperidine rings is 3. The normalized spacial score (nSPS) is 27.6. The summed E-state index contributed by atoms with van der Waals surface area (Å²) in [6, 6.07) is 0. The van der Waals surface area contributed by atoms with E-state index in [0.29, 0.717) is 13.0 Å². The van der Waals surface area contributed by atoms with Crippen molar-refractivity contribution in [3.8, 4) is 0 Å². The predicted octanol–water partition coefficient (Wildman–Crippen LogP) is 0.0447. The Kier molecular flexibility index (Phi) is 5.32. The van der Waals surface area contributed by atoms with Gasteiger partial charge in [-0.1, -0.05) is 0 Å². The molecule has 3 rings (SSSR count). The molecule has 3 amide bonds. The van der Waals surface area contributed by atoms with Crippen LogP contribution in [0.2, 0.25) is 0 Å². The molecule has 0 radical (unpaired) electrons. The van der Waals surface area contributed by atoms with Gasteiger partial charge in [0.2, 0.25) is 17.7 Å².